The van der Waals surface area contributed by atoms with E-state index in [1.807, 2.05) is 5.48 Å². The minimum absolute atomic E-state index is 0.549. The molecule has 1 aliphatic rings. The molecule has 0 spiro atoms. The molecule has 0 saturated carbocycles. The van der Waals surface area contributed by atoms with Gasteiger partial charge in [-0.3, -0.25) is 0 Å². The Bertz CT molecular complexity index is 190. The average molecular weight is 174 g/mol. The van der Waals surface area contributed by atoms with E-state index in [0.717, 1.165) is 6.42 Å². The van der Waals surface area contributed by atoms with E-state index < -0.39 is 12.2 Å². The van der Waals surface area contributed by atoms with Gasteiger partial charge in [0.15, 0.2) is 0 Å². The van der Waals surface area contributed by atoms with Gasteiger partial charge < -0.3 is 14.5 Å². The number of methoxy groups -OCH3 is 1. The van der Waals surface area contributed by atoms with Gasteiger partial charge in [0.1, 0.15) is 0 Å². The highest BCUT2D eigenvalue weighted by molar-refractivity contribution is 5.72. The van der Waals surface area contributed by atoms with Crippen LogP contribution in [-0.4, -0.2) is 37.3 Å². The number of ether oxygens (including phenoxy) is 1. The Morgan fingerprint density at radius 3 is 2.50 bits per heavy atom. The summed E-state index contributed by atoms with van der Waals surface area (Å²) in [5, 5.41) is 0. The van der Waals surface area contributed by atoms with Gasteiger partial charge in [-0.15, -0.1) is 5.48 Å². The summed E-state index contributed by atoms with van der Waals surface area (Å²) in [6.07, 6.45) is -0.358. The van der Waals surface area contributed by atoms with E-state index >= 15 is 0 Å². The van der Waals surface area contributed by atoms with Gasteiger partial charge in [-0.25, -0.2) is 9.59 Å². The first kappa shape index (κ1) is 8.63. The van der Waals surface area contributed by atoms with Gasteiger partial charge in [0.05, 0.1) is 7.11 Å². The van der Waals surface area contributed by atoms with Crippen molar-refractivity contribution < 1.29 is 19.2 Å². The number of carbonyl (C=O) groups excluding carboxylic acids is 2. The molecule has 0 aromatic heterocycles. The molecule has 1 aliphatic heterocycles. The first-order valence-corrected chi connectivity index (χ1v) is 3.53. The predicted molar refractivity (Wildman–Crippen MR) is 38.2 cm³/mol. The number of amides is 2. The number of hydrogen-bond donors (Lipinski definition) is 1. The van der Waals surface area contributed by atoms with Gasteiger partial charge in [0.2, 0.25) is 0 Å². The SMILES string of the molecule is COC(=O)NOC(=O)N1CCC1. The highest BCUT2D eigenvalue weighted by Gasteiger charge is 2.22. The Balaban J connectivity index is 2.13. The maximum absolute atomic E-state index is 10.9. The lowest BCUT2D eigenvalue weighted by molar-refractivity contribution is 0.0358. The van der Waals surface area contributed by atoms with Gasteiger partial charge in [-0.1, -0.05) is 0 Å². The van der Waals surface area contributed by atoms with Gasteiger partial charge in [-0.2, -0.15) is 0 Å². The number of hydrogen-bond acceptors (Lipinski definition) is 4. The molecule has 1 heterocycles. The Morgan fingerprint density at radius 2 is 2.08 bits per heavy atom. The van der Waals surface area contributed by atoms with Crippen LogP contribution in [-0.2, 0) is 9.57 Å². The number of nitrogens with zero attached hydrogens (tertiary/aromatic N) is 1. The van der Waals surface area contributed by atoms with Crippen LogP contribution >= 0.6 is 0 Å². The van der Waals surface area contributed by atoms with Crippen LogP contribution in [0.1, 0.15) is 6.42 Å². The lowest BCUT2D eigenvalue weighted by atomic mass is 10.2. The molecule has 1 saturated heterocycles. The lowest BCUT2D eigenvalue weighted by Crippen LogP contribution is -2.45. The zero-order valence-corrected chi connectivity index (χ0v) is 6.70. The maximum Gasteiger partial charge on any atom is 0.440 e. The Kier molecular flexibility index (Phi) is 2.73. The van der Waals surface area contributed by atoms with E-state index in [2.05, 4.69) is 9.57 Å². The quantitative estimate of drug-likeness (QED) is 0.529. The molecule has 0 radical (unpaired) electrons. The molecule has 0 bridgehead atoms. The fourth-order valence-electron chi connectivity index (χ4n) is 0.690. The summed E-state index contributed by atoms with van der Waals surface area (Å²) in [6.45, 7) is 1.36. The van der Waals surface area contributed by atoms with E-state index in [1.54, 1.807) is 0 Å². The van der Waals surface area contributed by atoms with Gasteiger partial charge in [-0.05, 0) is 6.42 Å². The molecule has 1 N–H and O–H groups in total. The summed E-state index contributed by atoms with van der Waals surface area (Å²) in [6, 6.07) is 0. The van der Waals surface area contributed by atoms with Crippen molar-refractivity contribution in [2.45, 2.75) is 6.42 Å². The van der Waals surface area contributed by atoms with Gasteiger partial charge >= 0.3 is 12.2 Å². The normalized spacial score (nSPS) is 14.6. The lowest BCUT2D eigenvalue weighted by Gasteiger charge is -2.28. The van der Waals surface area contributed by atoms with Crippen molar-refractivity contribution in [1.29, 1.82) is 0 Å². The summed E-state index contributed by atoms with van der Waals surface area (Å²) in [5.74, 6) is 0. The number of likely N-dealkylation sites (tertiary alicyclic amines) is 1. The molecule has 0 atom stereocenters. The van der Waals surface area contributed by atoms with Crippen LogP contribution in [0.15, 0.2) is 0 Å². The molecule has 0 unspecified atom stereocenters. The number of carbonyl (C=O) groups is 2. The molecule has 68 valence electrons. The molecule has 1 fully saturated rings. The summed E-state index contributed by atoms with van der Waals surface area (Å²) < 4.78 is 4.19. The van der Waals surface area contributed by atoms with Crippen LogP contribution in [0, 0.1) is 0 Å². The fraction of sp³-hybridized carbons (Fsp3) is 0.667. The van der Waals surface area contributed by atoms with E-state index in [1.165, 1.54) is 12.0 Å². The molecule has 6 nitrogen and oxygen atoms in total. The molecule has 0 aromatic rings. The van der Waals surface area contributed by atoms with Crippen molar-refractivity contribution >= 4 is 12.2 Å². The smallest absolute Gasteiger partial charge is 0.440 e. The summed E-state index contributed by atoms with van der Waals surface area (Å²) in [5.41, 5.74) is 1.83. The van der Waals surface area contributed by atoms with E-state index in [0.29, 0.717) is 13.1 Å². The zero-order chi connectivity index (χ0) is 8.97. The van der Waals surface area contributed by atoms with Crippen LogP contribution in [0.2, 0.25) is 0 Å². The monoisotopic (exact) mass is 174 g/mol. The molecule has 1 rings (SSSR count). The van der Waals surface area contributed by atoms with Gasteiger partial charge in [0, 0.05) is 13.1 Å². The second-order valence-corrected chi connectivity index (χ2v) is 2.30. The number of hydroxylamine groups is 1. The third kappa shape index (κ3) is 2.01. The molecule has 6 heteroatoms. The van der Waals surface area contributed by atoms with Crippen LogP contribution in [0.3, 0.4) is 0 Å². The maximum atomic E-state index is 10.9. The predicted octanol–water partition coefficient (Wildman–Crippen LogP) is 0.0997. The Hall–Kier alpha value is -1.46. The fourth-order valence-corrected chi connectivity index (χ4v) is 0.690. The van der Waals surface area contributed by atoms with Crippen LogP contribution in [0.5, 0.6) is 0 Å². The highest BCUT2D eigenvalue weighted by Crippen LogP contribution is 2.06. The third-order valence-corrected chi connectivity index (χ3v) is 1.52. The molecule has 0 aliphatic carbocycles. The topological polar surface area (TPSA) is 67.9 Å². The van der Waals surface area contributed by atoms with Crippen LogP contribution in [0.4, 0.5) is 9.59 Å². The van der Waals surface area contributed by atoms with Crippen LogP contribution in [0.25, 0.3) is 0 Å². The van der Waals surface area contributed by atoms with Crippen molar-refractivity contribution in [1.82, 2.24) is 10.4 Å². The molecular weight excluding hydrogens is 164 g/mol. The second-order valence-electron chi connectivity index (χ2n) is 2.30. The summed E-state index contributed by atoms with van der Waals surface area (Å²) in [4.78, 5) is 27.1. The second kappa shape index (κ2) is 3.80. The van der Waals surface area contributed by atoms with Crippen molar-refractivity contribution in [2.24, 2.45) is 0 Å². The van der Waals surface area contributed by atoms with Crippen molar-refractivity contribution in [3.8, 4) is 0 Å². The first-order chi connectivity index (χ1) is 5.74. The van der Waals surface area contributed by atoms with Crippen molar-refractivity contribution in [3.05, 3.63) is 0 Å². The Morgan fingerprint density at radius 1 is 1.42 bits per heavy atom. The number of nitrogens with one attached hydrogen (secondary N) is 1. The molecular formula is C6H10N2O4. The largest absolute Gasteiger partial charge is 0.451 e. The number of rotatable bonds is 0. The van der Waals surface area contributed by atoms with Gasteiger partial charge in [0.25, 0.3) is 0 Å². The minimum Gasteiger partial charge on any atom is -0.451 e. The molecule has 0 aromatic carbocycles. The minimum atomic E-state index is -0.788. The first-order valence-electron chi connectivity index (χ1n) is 3.53. The summed E-state index contributed by atoms with van der Waals surface area (Å²) in [7, 11) is 1.19. The molecule has 12 heavy (non-hydrogen) atoms. The third-order valence-electron chi connectivity index (χ3n) is 1.52. The van der Waals surface area contributed by atoms with E-state index in [9.17, 15) is 9.59 Å². The van der Waals surface area contributed by atoms with Crippen LogP contribution < -0.4 is 5.48 Å². The molecule has 2 amide bonds. The van der Waals surface area contributed by atoms with E-state index in [4.69, 9.17) is 0 Å². The Labute approximate surface area is 69.4 Å². The average Bonchev–Trinajstić information content (AvgIpc) is 1.97. The van der Waals surface area contributed by atoms with E-state index in [-0.39, 0.29) is 0 Å². The van der Waals surface area contributed by atoms with Crippen molar-refractivity contribution in [2.75, 3.05) is 20.2 Å². The highest BCUT2D eigenvalue weighted by atomic mass is 16.7. The van der Waals surface area contributed by atoms with Crippen molar-refractivity contribution in [3.63, 3.8) is 0 Å². The zero-order valence-electron chi connectivity index (χ0n) is 6.70. The standard InChI is InChI=1S/C6H10N2O4/c1-11-5(9)7-12-6(10)8-3-2-4-8/h2-4H2,1H3,(H,7,9). The summed E-state index contributed by atoms with van der Waals surface area (Å²) >= 11 is 0.